The number of amides is 1. The van der Waals surface area contributed by atoms with Gasteiger partial charge in [0.05, 0.1) is 37.2 Å². The van der Waals surface area contributed by atoms with Gasteiger partial charge in [0.25, 0.3) is 0 Å². The molecule has 1 amide bonds. The Bertz CT molecular complexity index is 742. The van der Waals surface area contributed by atoms with Gasteiger partial charge >= 0.3 is 0 Å². The van der Waals surface area contributed by atoms with Gasteiger partial charge in [0.1, 0.15) is 0 Å². The smallest absolute Gasteiger partial charge is 0.228 e. The molecule has 2 aliphatic heterocycles. The molecule has 1 aromatic carbocycles. The Morgan fingerprint density at radius 3 is 2.70 bits per heavy atom. The second kappa shape index (κ2) is 8.63. The summed E-state index contributed by atoms with van der Waals surface area (Å²) in [5.74, 6) is 0.151. The molecule has 2 aromatic rings. The molecule has 1 aromatic heterocycles. The lowest BCUT2D eigenvalue weighted by Gasteiger charge is -2.34. The summed E-state index contributed by atoms with van der Waals surface area (Å²) in [6.07, 6.45) is 5.27. The van der Waals surface area contributed by atoms with E-state index in [1.165, 1.54) is 0 Å². The van der Waals surface area contributed by atoms with E-state index in [2.05, 4.69) is 15.1 Å². The fourth-order valence-electron chi connectivity index (χ4n) is 3.96. The number of carbonyl (C=O) groups excluding carboxylic acids is 1. The third-order valence-electron chi connectivity index (χ3n) is 5.47. The molecule has 0 saturated carbocycles. The van der Waals surface area contributed by atoms with Crippen LogP contribution in [-0.2, 0) is 16.0 Å². The summed E-state index contributed by atoms with van der Waals surface area (Å²) >= 11 is 0. The summed E-state index contributed by atoms with van der Waals surface area (Å²) in [6.45, 7) is 5.36. The van der Waals surface area contributed by atoms with Gasteiger partial charge in [0.2, 0.25) is 5.91 Å². The van der Waals surface area contributed by atoms with Crippen molar-refractivity contribution in [1.29, 1.82) is 0 Å². The third-order valence-corrected chi connectivity index (χ3v) is 5.47. The average Bonchev–Trinajstić information content (AvgIpc) is 3.04. The SMILES string of the molecule is O=C(Cc1cnn(-c2ccccc2)n1)N1CCCC(N2CCOCC2)CC1. The quantitative estimate of drug-likeness (QED) is 0.818. The van der Waals surface area contributed by atoms with Crippen molar-refractivity contribution in [3.8, 4) is 5.69 Å². The van der Waals surface area contributed by atoms with E-state index in [1.807, 2.05) is 35.2 Å². The zero-order valence-corrected chi connectivity index (χ0v) is 15.7. The summed E-state index contributed by atoms with van der Waals surface area (Å²) in [4.78, 5) is 18.9. The van der Waals surface area contributed by atoms with Crippen molar-refractivity contribution in [3.05, 3.63) is 42.2 Å². The predicted octanol–water partition coefficient (Wildman–Crippen LogP) is 1.52. The Morgan fingerprint density at radius 2 is 1.89 bits per heavy atom. The van der Waals surface area contributed by atoms with E-state index >= 15 is 0 Å². The summed E-state index contributed by atoms with van der Waals surface area (Å²) in [7, 11) is 0. The number of hydrogen-bond acceptors (Lipinski definition) is 5. The Hall–Kier alpha value is -2.25. The van der Waals surface area contributed by atoms with E-state index in [9.17, 15) is 4.79 Å². The van der Waals surface area contributed by atoms with Gasteiger partial charge in [0.15, 0.2) is 0 Å². The van der Waals surface area contributed by atoms with Crippen LogP contribution < -0.4 is 0 Å². The maximum atomic E-state index is 12.8. The van der Waals surface area contributed by atoms with Crippen LogP contribution in [0.25, 0.3) is 5.69 Å². The monoisotopic (exact) mass is 369 g/mol. The molecule has 0 bridgehead atoms. The zero-order valence-electron chi connectivity index (χ0n) is 15.7. The van der Waals surface area contributed by atoms with Crippen LogP contribution in [0.4, 0.5) is 0 Å². The number of ether oxygens (including phenoxy) is 1. The number of hydrogen-bond donors (Lipinski definition) is 0. The molecule has 0 radical (unpaired) electrons. The molecule has 7 nitrogen and oxygen atoms in total. The van der Waals surface area contributed by atoms with E-state index in [4.69, 9.17) is 4.74 Å². The highest BCUT2D eigenvalue weighted by Crippen LogP contribution is 2.18. The fraction of sp³-hybridized carbons (Fsp3) is 0.550. The number of para-hydroxylation sites is 1. The fourth-order valence-corrected chi connectivity index (χ4v) is 3.96. The lowest BCUT2D eigenvalue weighted by molar-refractivity contribution is -0.130. The normalized spacial score (nSPS) is 21.8. The molecular weight excluding hydrogens is 342 g/mol. The molecule has 2 saturated heterocycles. The Labute approximate surface area is 159 Å². The molecule has 1 atom stereocenters. The second-order valence-corrected chi connectivity index (χ2v) is 7.25. The number of aromatic nitrogens is 3. The number of nitrogens with zero attached hydrogens (tertiary/aromatic N) is 5. The van der Waals surface area contributed by atoms with Gasteiger partial charge in [-0.3, -0.25) is 9.69 Å². The first kappa shape index (κ1) is 18.1. The lowest BCUT2D eigenvalue weighted by atomic mass is 10.1. The standard InChI is InChI=1S/C20H27N5O2/c26-20(15-17-16-21-25(22-17)19-5-2-1-3-6-19)24-9-4-7-18(8-10-24)23-11-13-27-14-12-23/h1-3,5-6,16,18H,4,7-15H2. The van der Waals surface area contributed by atoms with Gasteiger partial charge < -0.3 is 9.64 Å². The van der Waals surface area contributed by atoms with Gasteiger partial charge in [-0.15, -0.1) is 0 Å². The van der Waals surface area contributed by atoms with Gasteiger partial charge in [0, 0.05) is 32.2 Å². The van der Waals surface area contributed by atoms with Crippen LogP contribution in [0, 0.1) is 0 Å². The lowest BCUT2D eigenvalue weighted by Crippen LogP contribution is -2.44. The molecule has 3 heterocycles. The van der Waals surface area contributed by atoms with Crippen molar-refractivity contribution < 1.29 is 9.53 Å². The topological polar surface area (TPSA) is 63.5 Å². The molecule has 27 heavy (non-hydrogen) atoms. The van der Waals surface area contributed by atoms with Crippen molar-refractivity contribution in [2.24, 2.45) is 0 Å². The Kier molecular flexibility index (Phi) is 5.79. The molecule has 2 fully saturated rings. The Morgan fingerprint density at radius 1 is 1.07 bits per heavy atom. The van der Waals surface area contributed by atoms with Crippen LogP contribution in [0.1, 0.15) is 25.0 Å². The van der Waals surface area contributed by atoms with Gasteiger partial charge in [-0.2, -0.15) is 15.0 Å². The molecule has 2 aliphatic rings. The first-order valence-electron chi connectivity index (χ1n) is 9.86. The number of morpholine rings is 1. The van der Waals surface area contributed by atoms with Gasteiger partial charge in [-0.1, -0.05) is 18.2 Å². The maximum absolute atomic E-state index is 12.8. The second-order valence-electron chi connectivity index (χ2n) is 7.25. The van der Waals surface area contributed by atoms with Gasteiger partial charge in [-0.25, -0.2) is 0 Å². The summed E-state index contributed by atoms with van der Waals surface area (Å²) in [5, 5.41) is 8.76. The van der Waals surface area contributed by atoms with Crippen LogP contribution in [0.15, 0.2) is 36.5 Å². The molecule has 4 rings (SSSR count). The van der Waals surface area contributed by atoms with Crippen molar-refractivity contribution in [2.45, 2.75) is 31.7 Å². The molecule has 1 unspecified atom stereocenters. The van der Waals surface area contributed by atoms with E-state index in [0.717, 1.165) is 70.0 Å². The van der Waals surface area contributed by atoms with E-state index < -0.39 is 0 Å². The minimum atomic E-state index is 0.151. The largest absolute Gasteiger partial charge is 0.379 e. The van der Waals surface area contributed by atoms with Crippen LogP contribution in [0.3, 0.4) is 0 Å². The van der Waals surface area contributed by atoms with Crippen molar-refractivity contribution in [3.63, 3.8) is 0 Å². The van der Waals surface area contributed by atoms with Gasteiger partial charge in [-0.05, 0) is 31.4 Å². The van der Waals surface area contributed by atoms with Crippen LogP contribution in [-0.4, -0.2) is 76.1 Å². The highest BCUT2D eigenvalue weighted by molar-refractivity contribution is 5.78. The molecular formula is C20H27N5O2. The number of benzene rings is 1. The molecule has 0 aliphatic carbocycles. The zero-order chi connectivity index (χ0) is 18.5. The summed E-state index contributed by atoms with van der Waals surface area (Å²) in [6, 6.07) is 10.3. The van der Waals surface area contributed by atoms with Crippen molar-refractivity contribution in [2.75, 3.05) is 39.4 Å². The third kappa shape index (κ3) is 4.54. The molecule has 7 heteroatoms. The summed E-state index contributed by atoms with van der Waals surface area (Å²) < 4.78 is 5.46. The number of carbonyl (C=O) groups is 1. The maximum Gasteiger partial charge on any atom is 0.228 e. The highest BCUT2D eigenvalue weighted by atomic mass is 16.5. The number of likely N-dealkylation sites (tertiary alicyclic amines) is 1. The minimum absolute atomic E-state index is 0.151. The average molecular weight is 369 g/mol. The van der Waals surface area contributed by atoms with Crippen molar-refractivity contribution >= 4 is 5.91 Å². The van der Waals surface area contributed by atoms with Crippen LogP contribution >= 0.6 is 0 Å². The van der Waals surface area contributed by atoms with Crippen LogP contribution in [0.2, 0.25) is 0 Å². The molecule has 0 spiro atoms. The first-order valence-corrected chi connectivity index (χ1v) is 9.86. The van der Waals surface area contributed by atoms with E-state index in [1.54, 1.807) is 11.0 Å². The van der Waals surface area contributed by atoms with E-state index in [0.29, 0.717) is 12.5 Å². The summed E-state index contributed by atoms with van der Waals surface area (Å²) in [5.41, 5.74) is 1.62. The first-order chi connectivity index (χ1) is 13.3. The minimum Gasteiger partial charge on any atom is -0.379 e. The van der Waals surface area contributed by atoms with E-state index in [-0.39, 0.29) is 5.91 Å². The number of rotatable bonds is 4. The van der Waals surface area contributed by atoms with Crippen LogP contribution in [0.5, 0.6) is 0 Å². The Balaban J connectivity index is 1.32. The predicted molar refractivity (Wildman–Crippen MR) is 102 cm³/mol. The molecule has 0 N–H and O–H groups in total. The van der Waals surface area contributed by atoms with Crippen molar-refractivity contribution in [1.82, 2.24) is 24.8 Å². The molecule has 144 valence electrons. The highest BCUT2D eigenvalue weighted by Gasteiger charge is 2.26.